The fraction of sp³-hybridized carbons (Fsp3) is 0.692. The third kappa shape index (κ3) is 6.24. The van der Waals surface area contributed by atoms with Gasteiger partial charge in [0.25, 0.3) is 0 Å². The molecule has 2 rings (SSSR count). The third-order valence-electron chi connectivity index (χ3n) is 3.45. The van der Waals surface area contributed by atoms with Gasteiger partial charge in [0.1, 0.15) is 6.04 Å². The Bertz CT molecular complexity index is 362. The van der Waals surface area contributed by atoms with Crippen LogP contribution in [0.3, 0.4) is 0 Å². The minimum absolute atomic E-state index is 0.0129. The first-order chi connectivity index (χ1) is 8.99. The summed E-state index contributed by atoms with van der Waals surface area (Å²) in [4.78, 5) is 13.9. The first kappa shape index (κ1) is 15.5. The predicted octanol–water partition coefficient (Wildman–Crippen LogP) is 0.569. The standard InChI is InChI=1S/C7H10.C6H14N4O2/c1-2-7-4-3-6(1)5-7;7-4(5(11)12)2-1-3-10-6(8)9/h1,7H,2-5H2;4H,1-3,7H2,(H,11,12)(H4,8,9,10). The Morgan fingerprint density at radius 3 is 2.58 bits per heavy atom. The van der Waals surface area contributed by atoms with E-state index in [-0.39, 0.29) is 5.96 Å². The fourth-order valence-corrected chi connectivity index (χ4v) is 2.33. The highest BCUT2D eigenvalue weighted by Gasteiger charge is 2.22. The number of aliphatic imine (C=N–C) groups is 1. The molecular formula is C13H24N4O2. The lowest BCUT2D eigenvalue weighted by Gasteiger charge is -2.03. The van der Waals surface area contributed by atoms with Crippen LogP contribution in [0.1, 0.15) is 38.5 Å². The minimum atomic E-state index is -1.00. The lowest BCUT2D eigenvalue weighted by molar-refractivity contribution is -0.138. The molecule has 0 aromatic carbocycles. The predicted molar refractivity (Wildman–Crippen MR) is 75.6 cm³/mol. The summed E-state index contributed by atoms with van der Waals surface area (Å²) < 4.78 is 0. The Hall–Kier alpha value is -1.56. The molecule has 0 aromatic heterocycles. The molecule has 0 aromatic rings. The highest BCUT2D eigenvalue weighted by Crippen LogP contribution is 2.38. The molecule has 2 aliphatic carbocycles. The van der Waals surface area contributed by atoms with E-state index in [0.717, 1.165) is 5.92 Å². The monoisotopic (exact) mass is 268 g/mol. The molecule has 19 heavy (non-hydrogen) atoms. The molecule has 0 saturated heterocycles. The molecule has 0 heterocycles. The van der Waals surface area contributed by atoms with Crippen molar-refractivity contribution in [2.24, 2.45) is 28.1 Å². The van der Waals surface area contributed by atoms with Gasteiger partial charge in [0.2, 0.25) is 0 Å². The quantitative estimate of drug-likeness (QED) is 0.251. The molecule has 6 heteroatoms. The second-order valence-electron chi connectivity index (χ2n) is 5.10. The van der Waals surface area contributed by atoms with Crippen LogP contribution in [0.5, 0.6) is 0 Å². The van der Waals surface area contributed by atoms with Crippen molar-refractivity contribution in [3.05, 3.63) is 11.6 Å². The molecule has 2 unspecified atom stereocenters. The number of nitrogens with two attached hydrogens (primary N) is 3. The van der Waals surface area contributed by atoms with E-state index in [9.17, 15) is 4.79 Å². The molecule has 108 valence electrons. The molecule has 6 nitrogen and oxygen atoms in total. The number of allylic oxidation sites excluding steroid dienone is 2. The molecule has 7 N–H and O–H groups in total. The number of hydrogen-bond donors (Lipinski definition) is 4. The normalized spacial score (nSPS) is 21.1. The van der Waals surface area contributed by atoms with E-state index in [1.165, 1.54) is 25.7 Å². The number of carbonyl (C=O) groups is 1. The van der Waals surface area contributed by atoms with Gasteiger partial charge in [0.15, 0.2) is 5.96 Å². The molecule has 0 aliphatic heterocycles. The van der Waals surface area contributed by atoms with Crippen molar-refractivity contribution in [2.45, 2.75) is 44.6 Å². The van der Waals surface area contributed by atoms with Crippen LogP contribution >= 0.6 is 0 Å². The van der Waals surface area contributed by atoms with E-state index in [2.05, 4.69) is 11.1 Å². The van der Waals surface area contributed by atoms with Gasteiger partial charge in [-0.15, -0.1) is 0 Å². The average Bonchev–Trinajstić information content (AvgIpc) is 2.99. The van der Waals surface area contributed by atoms with Crippen LogP contribution in [0.25, 0.3) is 0 Å². The van der Waals surface area contributed by atoms with Crippen molar-refractivity contribution in [3.63, 3.8) is 0 Å². The molecule has 2 bridgehead atoms. The SMILES string of the molecule is C1=C2CCC(C1)C2.NC(N)=NCCCC(N)C(=O)O. The highest BCUT2D eigenvalue weighted by atomic mass is 16.4. The highest BCUT2D eigenvalue weighted by molar-refractivity contribution is 5.75. The number of fused-ring (bicyclic) bond motifs is 2. The maximum atomic E-state index is 10.2. The van der Waals surface area contributed by atoms with Crippen LogP contribution in [0.4, 0.5) is 0 Å². The van der Waals surface area contributed by atoms with E-state index in [0.29, 0.717) is 19.4 Å². The van der Waals surface area contributed by atoms with Gasteiger partial charge in [-0.3, -0.25) is 9.79 Å². The van der Waals surface area contributed by atoms with Gasteiger partial charge >= 0.3 is 5.97 Å². The molecule has 1 fully saturated rings. The van der Waals surface area contributed by atoms with Crippen molar-refractivity contribution in [1.29, 1.82) is 0 Å². The smallest absolute Gasteiger partial charge is 0.320 e. The average molecular weight is 268 g/mol. The number of carboxylic acids is 1. The summed E-state index contributed by atoms with van der Waals surface area (Å²) in [6.45, 7) is 0.420. The number of aliphatic carboxylic acids is 1. The fourth-order valence-electron chi connectivity index (χ4n) is 2.33. The Balaban J connectivity index is 0.000000213. The first-order valence-electron chi connectivity index (χ1n) is 6.70. The second kappa shape index (κ2) is 7.78. The van der Waals surface area contributed by atoms with Crippen molar-refractivity contribution >= 4 is 11.9 Å². The van der Waals surface area contributed by atoms with Gasteiger partial charge in [-0.2, -0.15) is 0 Å². The zero-order valence-corrected chi connectivity index (χ0v) is 11.2. The van der Waals surface area contributed by atoms with Crippen LogP contribution in [0.2, 0.25) is 0 Å². The number of hydrogen-bond acceptors (Lipinski definition) is 3. The molecule has 0 radical (unpaired) electrons. The Labute approximate surface area is 113 Å². The summed E-state index contributed by atoms with van der Waals surface area (Å²) in [5.41, 5.74) is 17.1. The molecule has 2 atom stereocenters. The lowest BCUT2D eigenvalue weighted by atomic mass is 10.1. The summed E-state index contributed by atoms with van der Waals surface area (Å²) in [7, 11) is 0. The first-order valence-corrected chi connectivity index (χ1v) is 6.70. The van der Waals surface area contributed by atoms with Gasteiger partial charge in [0.05, 0.1) is 0 Å². The van der Waals surface area contributed by atoms with Gasteiger partial charge in [-0.05, 0) is 44.4 Å². The van der Waals surface area contributed by atoms with Crippen molar-refractivity contribution in [3.8, 4) is 0 Å². The number of rotatable bonds is 5. The third-order valence-corrected chi connectivity index (χ3v) is 3.45. The van der Waals surface area contributed by atoms with Gasteiger partial charge < -0.3 is 22.3 Å². The molecule has 1 saturated carbocycles. The van der Waals surface area contributed by atoms with Gasteiger partial charge in [0, 0.05) is 6.54 Å². The summed E-state index contributed by atoms with van der Waals surface area (Å²) in [6, 6.07) is -0.820. The van der Waals surface area contributed by atoms with E-state index >= 15 is 0 Å². The van der Waals surface area contributed by atoms with Crippen LogP contribution in [-0.2, 0) is 4.79 Å². The number of nitrogens with zero attached hydrogens (tertiary/aromatic N) is 1. The summed E-state index contributed by atoms with van der Waals surface area (Å²) in [5.74, 6) is 0.0913. The maximum absolute atomic E-state index is 10.2. The van der Waals surface area contributed by atoms with E-state index < -0.39 is 12.0 Å². The van der Waals surface area contributed by atoms with Gasteiger partial charge in [-0.1, -0.05) is 11.6 Å². The molecular weight excluding hydrogens is 244 g/mol. The van der Waals surface area contributed by atoms with Crippen LogP contribution < -0.4 is 17.2 Å². The summed E-state index contributed by atoms with van der Waals surface area (Å²) >= 11 is 0. The van der Waals surface area contributed by atoms with Gasteiger partial charge in [-0.25, -0.2) is 0 Å². The lowest BCUT2D eigenvalue weighted by Crippen LogP contribution is -2.30. The van der Waals surface area contributed by atoms with E-state index in [4.69, 9.17) is 22.3 Å². The Kier molecular flexibility index (Phi) is 6.35. The van der Waals surface area contributed by atoms with Crippen LogP contribution in [0, 0.1) is 5.92 Å². The summed E-state index contributed by atoms with van der Waals surface area (Å²) in [6.07, 6.45) is 9.14. The van der Waals surface area contributed by atoms with Crippen molar-refractivity contribution in [2.75, 3.05) is 6.54 Å². The number of carboxylic acid groups (broad SMARTS) is 1. The van der Waals surface area contributed by atoms with E-state index in [1.807, 2.05) is 0 Å². The zero-order valence-electron chi connectivity index (χ0n) is 11.2. The van der Waals surface area contributed by atoms with E-state index in [1.54, 1.807) is 5.57 Å². The van der Waals surface area contributed by atoms with Crippen molar-refractivity contribution < 1.29 is 9.90 Å². The largest absolute Gasteiger partial charge is 0.480 e. The Morgan fingerprint density at radius 1 is 1.53 bits per heavy atom. The molecule has 0 amide bonds. The molecule has 2 aliphatic rings. The Morgan fingerprint density at radius 2 is 2.26 bits per heavy atom. The number of guanidine groups is 1. The van der Waals surface area contributed by atoms with Crippen LogP contribution in [0.15, 0.2) is 16.6 Å². The maximum Gasteiger partial charge on any atom is 0.320 e. The van der Waals surface area contributed by atoms with Crippen molar-refractivity contribution in [1.82, 2.24) is 0 Å². The molecule has 0 spiro atoms. The minimum Gasteiger partial charge on any atom is -0.480 e. The summed E-state index contributed by atoms with van der Waals surface area (Å²) in [5, 5.41) is 8.38. The zero-order chi connectivity index (χ0) is 14.3. The topological polar surface area (TPSA) is 128 Å². The second-order valence-corrected chi connectivity index (χ2v) is 5.10. The van der Waals surface area contributed by atoms with Crippen LogP contribution in [-0.4, -0.2) is 29.6 Å².